The van der Waals surface area contributed by atoms with Crippen LogP contribution in [0.15, 0.2) is 29.1 Å². The molecular formula is C23H18BrN3O7. The molecule has 6 rings (SSSR count). The number of nitrogens with two attached hydrogens (primary N) is 1. The van der Waals surface area contributed by atoms with E-state index in [9.17, 15) is 14.4 Å². The Morgan fingerprint density at radius 1 is 1.18 bits per heavy atom. The zero-order valence-electron chi connectivity index (χ0n) is 17.8. The number of carbonyl (C=O) groups is 2. The van der Waals surface area contributed by atoms with Gasteiger partial charge >= 0.3 is 11.9 Å². The van der Waals surface area contributed by atoms with Gasteiger partial charge in [-0.1, -0.05) is 15.9 Å². The lowest BCUT2D eigenvalue weighted by Crippen LogP contribution is -2.49. The Labute approximate surface area is 200 Å². The number of carbonyl (C=O) groups excluding carboxylic acids is 2. The molecule has 0 bridgehead atoms. The number of hydrogen-bond acceptors (Lipinski definition) is 9. The minimum atomic E-state index is -1.79. The van der Waals surface area contributed by atoms with Crippen molar-refractivity contribution in [2.24, 2.45) is 5.73 Å². The topological polar surface area (TPSA) is 132 Å². The highest BCUT2D eigenvalue weighted by molar-refractivity contribution is 9.09. The van der Waals surface area contributed by atoms with Crippen LogP contribution in [-0.2, 0) is 37.8 Å². The number of halogens is 1. The maximum absolute atomic E-state index is 13.5. The van der Waals surface area contributed by atoms with Crippen LogP contribution in [-0.4, -0.2) is 40.2 Å². The first-order valence-electron chi connectivity index (χ1n) is 10.6. The number of pyridine rings is 2. The molecule has 2 N–H and O–H groups in total. The predicted molar refractivity (Wildman–Crippen MR) is 122 cm³/mol. The molecule has 3 aliphatic rings. The number of fused-ring (bicyclic) bond motifs is 6. The lowest BCUT2D eigenvalue weighted by Gasteiger charge is -2.35. The standard InChI is InChI=1S/C23H18BrN3O7/c24-9-23(34-19(28)1-2-25)14-5-16-20-12(7-27(16)21(29)13(14)8-31-22(23)30)3-11-4-17-18(33-10-32-17)6-15(11)26-20/h3-6H,1-2,7-10,25H2/t23-/m1/s1. The number of benzene rings is 1. The zero-order valence-corrected chi connectivity index (χ0v) is 19.3. The van der Waals surface area contributed by atoms with Crippen molar-refractivity contribution < 1.29 is 28.5 Å². The molecule has 0 fully saturated rings. The third-order valence-electron chi connectivity index (χ3n) is 6.30. The molecule has 0 amide bonds. The minimum absolute atomic E-state index is 0.0643. The zero-order chi connectivity index (χ0) is 23.6. The lowest BCUT2D eigenvalue weighted by atomic mass is 9.89. The average Bonchev–Trinajstić information content (AvgIpc) is 3.42. The van der Waals surface area contributed by atoms with Gasteiger partial charge in [-0.3, -0.25) is 9.59 Å². The first-order valence-corrected chi connectivity index (χ1v) is 11.7. The molecular weight excluding hydrogens is 510 g/mol. The fourth-order valence-corrected chi connectivity index (χ4v) is 5.29. The largest absolute Gasteiger partial charge is 0.457 e. The monoisotopic (exact) mass is 527 g/mol. The number of nitrogens with zero attached hydrogens (tertiary/aromatic N) is 2. The Morgan fingerprint density at radius 2 is 1.97 bits per heavy atom. The van der Waals surface area contributed by atoms with E-state index in [1.165, 1.54) is 0 Å². The van der Waals surface area contributed by atoms with Gasteiger partial charge < -0.3 is 29.2 Å². The first-order chi connectivity index (χ1) is 16.4. The van der Waals surface area contributed by atoms with Gasteiger partial charge in [0, 0.05) is 29.1 Å². The Bertz CT molecular complexity index is 1470. The number of hydrogen-bond donors (Lipinski definition) is 1. The molecule has 5 heterocycles. The third kappa shape index (κ3) is 2.90. The Hall–Kier alpha value is -3.44. The van der Waals surface area contributed by atoms with Crippen LogP contribution >= 0.6 is 15.9 Å². The van der Waals surface area contributed by atoms with Gasteiger partial charge in [0.1, 0.15) is 6.61 Å². The summed E-state index contributed by atoms with van der Waals surface area (Å²) in [5.41, 5.74) is 6.60. The van der Waals surface area contributed by atoms with E-state index in [2.05, 4.69) is 15.9 Å². The summed E-state index contributed by atoms with van der Waals surface area (Å²) in [6.07, 6.45) is -0.0756. The van der Waals surface area contributed by atoms with E-state index in [0.29, 0.717) is 40.5 Å². The first kappa shape index (κ1) is 21.1. The van der Waals surface area contributed by atoms with Crippen molar-refractivity contribution in [3.05, 3.63) is 51.3 Å². The molecule has 0 unspecified atom stereocenters. The van der Waals surface area contributed by atoms with E-state index in [-0.39, 0.29) is 42.8 Å². The molecule has 10 nitrogen and oxygen atoms in total. The second kappa shape index (κ2) is 7.54. The number of alkyl halides is 1. The van der Waals surface area contributed by atoms with Crippen LogP contribution in [0.3, 0.4) is 0 Å². The normalized spacial score (nSPS) is 19.4. The van der Waals surface area contributed by atoms with Crippen molar-refractivity contribution in [2.75, 3.05) is 18.7 Å². The summed E-state index contributed by atoms with van der Waals surface area (Å²) in [6, 6.07) is 7.32. The molecule has 0 spiro atoms. The number of aromatic nitrogens is 2. The number of ether oxygens (including phenoxy) is 4. The summed E-state index contributed by atoms with van der Waals surface area (Å²) in [5.74, 6) is -0.153. The average molecular weight is 528 g/mol. The van der Waals surface area contributed by atoms with Gasteiger partial charge in [0.2, 0.25) is 12.4 Å². The quantitative estimate of drug-likeness (QED) is 0.311. The molecule has 2 aromatic heterocycles. The van der Waals surface area contributed by atoms with Gasteiger partial charge in [0.15, 0.2) is 11.5 Å². The maximum atomic E-state index is 13.5. The maximum Gasteiger partial charge on any atom is 0.356 e. The summed E-state index contributed by atoms with van der Waals surface area (Å²) in [7, 11) is 0. The molecule has 34 heavy (non-hydrogen) atoms. The van der Waals surface area contributed by atoms with Crippen molar-refractivity contribution in [2.45, 2.75) is 25.2 Å². The van der Waals surface area contributed by atoms with Gasteiger partial charge in [-0.25, -0.2) is 9.78 Å². The summed E-state index contributed by atoms with van der Waals surface area (Å²) in [5, 5.41) is 0.782. The highest BCUT2D eigenvalue weighted by atomic mass is 79.9. The number of cyclic esters (lactones) is 1. The fraction of sp³-hybridized carbons (Fsp3) is 0.304. The molecule has 0 aliphatic carbocycles. The summed E-state index contributed by atoms with van der Waals surface area (Å²) >= 11 is 3.30. The van der Waals surface area contributed by atoms with E-state index in [1.54, 1.807) is 16.7 Å². The van der Waals surface area contributed by atoms with Crippen molar-refractivity contribution in [1.82, 2.24) is 9.55 Å². The highest BCUT2D eigenvalue weighted by Crippen LogP contribution is 2.42. The van der Waals surface area contributed by atoms with Crippen molar-refractivity contribution in [1.29, 1.82) is 0 Å². The molecule has 1 aromatic carbocycles. The predicted octanol–water partition coefficient (Wildman–Crippen LogP) is 1.69. The van der Waals surface area contributed by atoms with Crippen LogP contribution in [0, 0.1) is 0 Å². The highest BCUT2D eigenvalue weighted by Gasteiger charge is 2.51. The molecule has 11 heteroatoms. The van der Waals surface area contributed by atoms with Crippen molar-refractivity contribution in [3.8, 4) is 22.9 Å². The number of esters is 2. The van der Waals surface area contributed by atoms with Crippen LogP contribution in [0.2, 0.25) is 0 Å². The van der Waals surface area contributed by atoms with Gasteiger partial charge in [-0.05, 0) is 18.2 Å². The second-order valence-corrected chi connectivity index (χ2v) is 8.82. The molecule has 3 aliphatic heterocycles. The van der Waals surface area contributed by atoms with Gasteiger partial charge in [-0.2, -0.15) is 0 Å². The van der Waals surface area contributed by atoms with Crippen molar-refractivity contribution >= 4 is 38.8 Å². The lowest BCUT2D eigenvalue weighted by molar-refractivity contribution is -0.185. The van der Waals surface area contributed by atoms with Gasteiger partial charge in [-0.15, -0.1) is 0 Å². The molecule has 1 atom stereocenters. The van der Waals surface area contributed by atoms with Crippen molar-refractivity contribution in [3.63, 3.8) is 0 Å². The molecule has 0 radical (unpaired) electrons. The smallest absolute Gasteiger partial charge is 0.356 e. The summed E-state index contributed by atoms with van der Waals surface area (Å²) < 4.78 is 23.4. The van der Waals surface area contributed by atoms with Crippen LogP contribution in [0.25, 0.3) is 22.3 Å². The van der Waals surface area contributed by atoms with E-state index in [1.807, 2.05) is 12.1 Å². The Kier molecular flexibility index (Phi) is 4.68. The summed E-state index contributed by atoms with van der Waals surface area (Å²) in [4.78, 5) is 43.5. The fourth-order valence-electron chi connectivity index (χ4n) is 4.64. The minimum Gasteiger partial charge on any atom is -0.457 e. The van der Waals surface area contributed by atoms with E-state index >= 15 is 0 Å². The third-order valence-corrected chi connectivity index (χ3v) is 7.09. The van der Waals surface area contributed by atoms with Crippen LogP contribution < -0.4 is 20.8 Å². The summed E-state index contributed by atoms with van der Waals surface area (Å²) in [6.45, 7) is 0.331. The second-order valence-electron chi connectivity index (χ2n) is 8.26. The molecule has 0 saturated heterocycles. The number of rotatable bonds is 4. The van der Waals surface area contributed by atoms with E-state index in [0.717, 1.165) is 10.9 Å². The Balaban J connectivity index is 1.54. The van der Waals surface area contributed by atoms with Gasteiger partial charge in [0.05, 0.1) is 40.8 Å². The van der Waals surface area contributed by atoms with Crippen LogP contribution in [0.1, 0.15) is 23.1 Å². The van der Waals surface area contributed by atoms with Gasteiger partial charge in [0.25, 0.3) is 5.56 Å². The Morgan fingerprint density at radius 3 is 2.74 bits per heavy atom. The van der Waals surface area contributed by atoms with Crippen LogP contribution in [0.4, 0.5) is 0 Å². The molecule has 174 valence electrons. The van der Waals surface area contributed by atoms with E-state index in [4.69, 9.17) is 29.7 Å². The molecule has 0 saturated carbocycles. The SMILES string of the molecule is NCCC(=O)O[C@@]1(CBr)C(=O)OCc2c1cc1n(c2=O)Cc2cc3cc4c(cc3nc2-1)OCO4. The van der Waals surface area contributed by atoms with E-state index < -0.39 is 17.5 Å². The van der Waals surface area contributed by atoms with Crippen LogP contribution in [0.5, 0.6) is 11.5 Å². The molecule has 3 aromatic rings.